The van der Waals surface area contributed by atoms with E-state index in [0.29, 0.717) is 11.2 Å². The number of thiocarbonyl (C=S) groups is 1. The molecular weight excluding hydrogens is 442 g/mol. The summed E-state index contributed by atoms with van der Waals surface area (Å²) in [5.74, 6) is 1.58. The number of methoxy groups -OCH3 is 2. The minimum Gasteiger partial charge on any atom is -0.493 e. The van der Waals surface area contributed by atoms with Gasteiger partial charge in [-0.15, -0.1) is 0 Å². The van der Waals surface area contributed by atoms with Crippen LogP contribution in [0, 0.1) is 0 Å². The van der Waals surface area contributed by atoms with Crippen LogP contribution in [0.4, 0.5) is 0 Å². The summed E-state index contributed by atoms with van der Waals surface area (Å²) in [6.07, 6.45) is 0.993. The molecule has 0 saturated heterocycles. The standard InChI is InChI=1S/C28H33N3O2S/c1-20-24-19-26(33-3)25(32-2)18-23(24)14-16-31(20)17-15-29-28(34)30-27(21-10-6-4-7-11-21)22-12-8-5-9-13-22/h4-13,18-20,27H,14-17H2,1-3H3,(H2,29,30,34). The van der Waals surface area contributed by atoms with E-state index in [0.717, 1.165) is 37.6 Å². The fourth-order valence-corrected chi connectivity index (χ4v) is 4.87. The summed E-state index contributed by atoms with van der Waals surface area (Å²) in [4.78, 5) is 2.48. The lowest BCUT2D eigenvalue weighted by atomic mass is 9.93. The zero-order valence-electron chi connectivity index (χ0n) is 20.1. The lowest BCUT2D eigenvalue weighted by Crippen LogP contribution is -2.43. The third-order valence-corrected chi connectivity index (χ3v) is 6.80. The second-order valence-corrected chi connectivity index (χ2v) is 8.93. The van der Waals surface area contributed by atoms with Crippen LogP contribution in [0.25, 0.3) is 0 Å². The number of nitrogens with zero attached hydrogens (tertiary/aromatic N) is 1. The van der Waals surface area contributed by atoms with Crippen LogP contribution in [-0.4, -0.2) is 43.9 Å². The van der Waals surface area contributed by atoms with E-state index in [2.05, 4.69) is 83.1 Å². The summed E-state index contributed by atoms with van der Waals surface area (Å²) in [5, 5.41) is 7.59. The lowest BCUT2D eigenvalue weighted by Gasteiger charge is -2.36. The Hall–Kier alpha value is -3.09. The van der Waals surface area contributed by atoms with E-state index >= 15 is 0 Å². The fourth-order valence-electron chi connectivity index (χ4n) is 4.65. The zero-order chi connectivity index (χ0) is 23.9. The third kappa shape index (κ3) is 5.51. The average Bonchev–Trinajstić information content (AvgIpc) is 2.89. The van der Waals surface area contributed by atoms with Crippen LogP contribution in [0.3, 0.4) is 0 Å². The minimum atomic E-state index is 0.00522. The van der Waals surface area contributed by atoms with Crippen LogP contribution in [0.5, 0.6) is 11.5 Å². The highest BCUT2D eigenvalue weighted by molar-refractivity contribution is 7.80. The van der Waals surface area contributed by atoms with Crippen molar-refractivity contribution in [3.05, 3.63) is 95.1 Å². The first kappa shape index (κ1) is 24.0. The molecule has 34 heavy (non-hydrogen) atoms. The number of hydrogen-bond acceptors (Lipinski definition) is 4. The van der Waals surface area contributed by atoms with Gasteiger partial charge in [0.15, 0.2) is 16.6 Å². The van der Waals surface area contributed by atoms with Crippen molar-refractivity contribution in [2.75, 3.05) is 33.9 Å². The quantitative estimate of drug-likeness (QED) is 0.453. The van der Waals surface area contributed by atoms with Gasteiger partial charge in [-0.3, -0.25) is 4.90 Å². The van der Waals surface area contributed by atoms with Gasteiger partial charge in [-0.05, 0) is 59.9 Å². The van der Waals surface area contributed by atoms with E-state index in [9.17, 15) is 0 Å². The minimum absolute atomic E-state index is 0.00522. The molecule has 0 bridgehead atoms. The van der Waals surface area contributed by atoms with E-state index in [1.54, 1.807) is 14.2 Å². The van der Waals surface area contributed by atoms with E-state index < -0.39 is 0 Å². The fraction of sp³-hybridized carbons (Fsp3) is 0.321. The molecular formula is C28H33N3O2S. The van der Waals surface area contributed by atoms with Gasteiger partial charge in [0, 0.05) is 25.7 Å². The first-order chi connectivity index (χ1) is 16.6. The molecule has 0 amide bonds. The Balaban J connectivity index is 1.36. The van der Waals surface area contributed by atoms with Gasteiger partial charge in [0.2, 0.25) is 0 Å². The van der Waals surface area contributed by atoms with Gasteiger partial charge in [0.1, 0.15) is 0 Å². The molecule has 4 rings (SSSR count). The highest BCUT2D eigenvalue weighted by Crippen LogP contribution is 2.37. The van der Waals surface area contributed by atoms with Gasteiger partial charge < -0.3 is 20.1 Å². The van der Waals surface area contributed by atoms with Crippen LogP contribution in [0.2, 0.25) is 0 Å². The normalized spacial score (nSPS) is 15.5. The molecule has 1 aliphatic rings. The van der Waals surface area contributed by atoms with Crippen molar-refractivity contribution in [2.24, 2.45) is 0 Å². The molecule has 2 N–H and O–H groups in total. The number of hydrogen-bond donors (Lipinski definition) is 2. The van der Waals surface area contributed by atoms with E-state index in [1.807, 2.05) is 12.1 Å². The molecule has 1 aliphatic heterocycles. The van der Waals surface area contributed by atoms with Crippen LogP contribution < -0.4 is 20.1 Å². The molecule has 3 aromatic rings. The maximum Gasteiger partial charge on any atom is 0.167 e. The van der Waals surface area contributed by atoms with Crippen molar-refractivity contribution in [3.8, 4) is 11.5 Å². The van der Waals surface area contributed by atoms with Crippen LogP contribution >= 0.6 is 12.2 Å². The Morgan fingerprint density at radius 2 is 1.56 bits per heavy atom. The highest BCUT2D eigenvalue weighted by Gasteiger charge is 2.25. The molecule has 0 radical (unpaired) electrons. The highest BCUT2D eigenvalue weighted by atomic mass is 32.1. The topological polar surface area (TPSA) is 45.8 Å². The Morgan fingerprint density at radius 1 is 0.971 bits per heavy atom. The monoisotopic (exact) mass is 475 g/mol. The van der Waals surface area contributed by atoms with Gasteiger partial charge in [-0.1, -0.05) is 60.7 Å². The summed E-state index contributed by atoms with van der Waals surface area (Å²) in [7, 11) is 3.37. The summed E-state index contributed by atoms with van der Waals surface area (Å²) in [5.41, 5.74) is 5.00. The van der Waals surface area contributed by atoms with E-state index in [4.69, 9.17) is 21.7 Å². The predicted molar refractivity (Wildman–Crippen MR) is 142 cm³/mol. The first-order valence-electron chi connectivity index (χ1n) is 11.7. The Bertz CT molecular complexity index is 1050. The van der Waals surface area contributed by atoms with E-state index in [-0.39, 0.29) is 6.04 Å². The Kier molecular flexibility index (Phi) is 8.03. The molecule has 1 heterocycles. The van der Waals surface area contributed by atoms with Crippen molar-refractivity contribution in [3.63, 3.8) is 0 Å². The smallest absolute Gasteiger partial charge is 0.167 e. The predicted octanol–water partition coefficient (Wildman–Crippen LogP) is 4.88. The van der Waals surface area contributed by atoms with Gasteiger partial charge in [0.05, 0.1) is 20.3 Å². The number of benzene rings is 3. The first-order valence-corrected chi connectivity index (χ1v) is 12.1. The maximum absolute atomic E-state index is 5.68. The molecule has 0 saturated carbocycles. The summed E-state index contributed by atoms with van der Waals surface area (Å²) >= 11 is 5.68. The second kappa shape index (κ2) is 11.4. The van der Waals surface area contributed by atoms with Crippen molar-refractivity contribution in [1.82, 2.24) is 15.5 Å². The van der Waals surface area contributed by atoms with Crippen LogP contribution in [-0.2, 0) is 6.42 Å². The SMILES string of the molecule is COc1cc2c(cc1OC)C(C)N(CCNC(=S)NC(c1ccccc1)c1ccccc1)CC2. The second-order valence-electron chi connectivity index (χ2n) is 8.52. The Morgan fingerprint density at radius 3 is 2.15 bits per heavy atom. The van der Waals surface area contributed by atoms with Crippen molar-refractivity contribution < 1.29 is 9.47 Å². The summed E-state index contributed by atoms with van der Waals surface area (Å²) in [6.45, 7) is 4.93. The molecule has 0 aliphatic carbocycles. The van der Waals surface area contributed by atoms with Gasteiger partial charge >= 0.3 is 0 Å². The molecule has 0 spiro atoms. The molecule has 1 unspecified atom stereocenters. The number of rotatable bonds is 8. The molecule has 5 nitrogen and oxygen atoms in total. The number of ether oxygens (including phenoxy) is 2. The number of nitrogens with one attached hydrogen (secondary N) is 2. The molecule has 1 atom stereocenters. The number of fused-ring (bicyclic) bond motifs is 1. The zero-order valence-corrected chi connectivity index (χ0v) is 20.9. The summed E-state index contributed by atoms with van der Waals surface area (Å²) < 4.78 is 11.0. The van der Waals surface area contributed by atoms with Crippen LogP contribution in [0.1, 0.15) is 41.3 Å². The molecule has 178 valence electrons. The van der Waals surface area contributed by atoms with Crippen molar-refractivity contribution >= 4 is 17.3 Å². The maximum atomic E-state index is 5.68. The molecule has 0 fully saturated rings. The van der Waals surface area contributed by atoms with Crippen molar-refractivity contribution in [2.45, 2.75) is 25.4 Å². The van der Waals surface area contributed by atoms with E-state index in [1.165, 1.54) is 22.3 Å². The largest absolute Gasteiger partial charge is 0.493 e. The third-order valence-electron chi connectivity index (χ3n) is 6.54. The van der Waals surface area contributed by atoms with Gasteiger partial charge in [-0.25, -0.2) is 0 Å². The Labute approximate surface area is 208 Å². The molecule has 6 heteroatoms. The van der Waals surface area contributed by atoms with Crippen molar-refractivity contribution in [1.29, 1.82) is 0 Å². The molecule has 0 aromatic heterocycles. The molecule has 3 aromatic carbocycles. The van der Waals surface area contributed by atoms with Crippen LogP contribution in [0.15, 0.2) is 72.8 Å². The van der Waals surface area contributed by atoms with Gasteiger partial charge in [-0.2, -0.15) is 0 Å². The lowest BCUT2D eigenvalue weighted by molar-refractivity contribution is 0.201. The summed E-state index contributed by atoms with van der Waals surface area (Å²) in [6, 6.07) is 25.4. The average molecular weight is 476 g/mol. The van der Waals surface area contributed by atoms with Gasteiger partial charge in [0.25, 0.3) is 0 Å².